The SMILES string of the molecule is CCNC(=NCc1ccccc1COCc1ccccc1)NCc1sc(C)nc1C.I. The number of hydrogen-bond acceptors (Lipinski definition) is 4. The van der Waals surface area contributed by atoms with Gasteiger partial charge in [0.25, 0.3) is 0 Å². The van der Waals surface area contributed by atoms with Gasteiger partial charge in [-0.05, 0) is 37.5 Å². The fourth-order valence-electron chi connectivity index (χ4n) is 3.11. The number of aliphatic imine (C=N–C) groups is 1. The molecule has 166 valence electrons. The van der Waals surface area contributed by atoms with Crippen molar-refractivity contribution in [1.29, 1.82) is 0 Å². The molecule has 3 rings (SSSR count). The molecule has 0 aliphatic carbocycles. The molecule has 2 aromatic carbocycles. The summed E-state index contributed by atoms with van der Waals surface area (Å²) >= 11 is 1.73. The maximum atomic E-state index is 5.94. The van der Waals surface area contributed by atoms with E-state index in [0.29, 0.717) is 19.8 Å². The van der Waals surface area contributed by atoms with Crippen LogP contribution in [0.1, 0.15) is 39.2 Å². The molecule has 1 heterocycles. The van der Waals surface area contributed by atoms with Crippen LogP contribution >= 0.6 is 35.3 Å². The topological polar surface area (TPSA) is 58.5 Å². The molecular formula is C24H31IN4OS. The van der Waals surface area contributed by atoms with Crippen molar-refractivity contribution in [3.05, 3.63) is 86.9 Å². The highest BCUT2D eigenvalue weighted by molar-refractivity contribution is 14.0. The number of aryl methyl sites for hydroxylation is 2. The highest BCUT2D eigenvalue weighted by Gasteiger charge is 2.07. The number of nitrogens with one attached hydrogen (secondary N) is 2. The first-order valence-electron chi connectivity index (χ1n) is 10.3. The van der Waals surface area contributed by atoms with Gasteiger partial charge in [-0.15, -0.1) is 35.3 Å². The summed E-state index contributed by atoms with van der Waals surface area (Å²) in [4.78, 5) is 10.5. The molecule has 0 fully saturated rings. The molecule has 0 spiro atoms. The number of ether oxygens (including phenoxy) is 1. The quantitative estimate of drug-likeness (QED) is 0.214. The number of nitrogens with zero attached hydrogens (tertiary/aromatic N) is 2. The van der Waals surface area contributed by atoms with Crippen LogP contribution in [0.5, 0.6) is 0 Å². The van der Waals surface area contributed by atoms with Crippen LogP contribution in [0.25, 0.3) is 0 Å². The van der Waals surface area contributed by atoms with Crippen molar-refractivity contribution in [3.63, 3.8) is 0 Å². The molecule has 0 atom stereocenters. The Morgan fingerprint density at radius 1 is 0.968 bits per heavy atom. The Morgan fingerprint density at radius 2 is 1.68 bits per heavy atom. The molecule has 0 saturated carbocycles. The zero-order valence-corrected chi connectivity index (χ0v) is 21.5. The second kappa shape index (κ2) is 13.4. The van der Waals surface area contributed by atoms with E-state index in [2.05, 4.69) is 59.8 Å². The summed E-state index contributed by atoms with van der Waals surface area (Å²) in [6, 6.07) is 18.6. The first-order valence-corrected chi connectivity index (χ1v) is 11.1. The lowest BCUT2D eigenvalue weighted by molar-refractivity contribution is 0.106. The largest absolute Gasteiger partial charge is 0.372 e. The van der Waals surface area contributed by atoms with Crippen LogP contribution in [0.3, 0.4) is 0 Å². The molecule has 0 radical (unpaired) electrons. The van der Waals surface area contributed by atoms with Crippen LogP contribution in [0.4, 0.5) is 0 Å². The van der Waals surface area contributed by atoms with E-state index >= 15 is 0 Å². The highest BCUT2D eigenvalue weighted by Crippen LogP contribution is 2.17. The second-order valence-electron chi connectivity index (χ2n) is 7.04. The Morgan fingerprint density at radius 3 is 2.35 bits per heavy atom. The Bertz CT molecular complexity index is 959. The predicted molar refractivity (Wildman–Crippen MR) is 140 cm³/mol. The Balaban J connectivity index is 0.00000341. The number of halogens is 1. The minimum atomic E-state index is 0. The number of thiazole rings is 1. The van der Waals surface area contributed by atoms with E-state index in [9.17, 15) is 0 Å². The van der Waals surface area contributed by atoms with E-state index in [1.807, 2.05) is 31.2 Å². The van der Waals surface area contributed by atoms with Crippen molar-refractivity contribution in [2.75, 3.05) is 6.54 Å². The Kier molecular flexibility index (Phi) is 11.0. The van der Waals surface area contributed by atoms with Crippen molar-refractivity contribution in [3.8, 4) is 0 Å². The highest BCUT2D eigenvalue weighted by atomic mass is 127. The van der Waals surface area contributed by atoms with Gasteiger partial charge >= 0.3 is 0 Å². The van der Waals surface area contributed by atoms with Gasteiger partial charge in [-0.25, -0.2) is 9.98 Å². The standard InChI is InChI=1S/C24H30N4OS.HI/c1-4-25-24(27-15-23-18(2)28-19(3)30-23)26-14-21-12-8-9-13-22(21)17-29-16-20-10-6-5-7-11-20;/h5-13H,4,14-17H2,1-3H3,(H2,25,26,27);1H. The van der Waals surface area contributed by atoms with E-state index in [-0.39, 0.29) is 24.0 Å². The third-order valence-electron chi connectivity index (χ3n) is 4.66. The normalized spacial score (nSPS) is 11.1. The molecule has 1 aromatic heterocycles. The van der Waals surface area contributed by atoms with Gasteiger partial charge in [0.1, 0.15) is 0 Å². The first-order chi connectivity index (χ1) is 14.7. The van der Waals surface area contributed by atoms with Gasteiger partial charge in [0.2, 0.25) is 0 Å². The van der Waals surface area contributed by atoms with Crippen LogP contribution < -0.4 is 10.6 Å². The van der Waals surface area contributed by atoms with E-state index < -0.39 is 0 Å². The number of hydrogen-bond donors (Lipinski definition) is 2. The second-order valence-corrected chi connectivity index (χ2v) is 8.33. The molecule has 3 aromatic rings. The van der Waals surface area contributed by atoms with Crippen LogP contribution in [0.2, 0.25) is 0 Å². The summed E-state index contributed by atoms with van der Waals surface area (Å²) < 4.78 is 5.94. The molecule has 7 heteroatoms. The molecule has 5 nitrogen and oxygen atoms in total. The van der Waals surface area contributed by atoms with Crippen LogP contribution in [-0.4, -0.2) is 17.5 Å². The number of benzene rings is 2. The molecule has 0 unspecified atom stereocenters. The van der Waals surface area contributed by atoms with E-state index in [1.165, 1.54) is 21.6 Å². The maximum absolute atomic E-state index is 5.94. The van der Waals surface area contributed by atoms with Gasteiger partial charge in [0.15, 0.2) is 5.96 Å². The van der Waals surface area contributed by atoms with E-state index in [1.54, 1.807) is 11.3 Å². The fraction of sp³-hybridized carbons (Fsp3) is 0.333. The lowest BCUT2D eigenvalue weighted by Gasteiger charge is -2.12. The molecule has 31 heavy (non-hydrogen) atoms. The van der Waals surface area contributed by atoms with Gasteiger partial charge in [0.05, 0.1) is 37.0 Å². The van der Waals surface area contributed by atoms with Crippen molar-refractivity contribution in [2.45, 2.75) is 47.1 Å². The van der Waals surface area contributed by atoms with Crippen LogP contribution in [0.15, 0.2) is 59.6 Å². The molecule has 0 aliphatic heterocycles. The van der Waals surface area contributed by atoms with Crippen molar-refractivity contribution in [2.24, 2.45) is 4.99 Å². The lowest BCUT2D eigenvalue weighted by Crippen LogP contribution is -2.36. The van der Waals surface area contributed by atoms with Gasteiger partial charge in [-0.1, -0.05) is 54.6 Å². The van der Waals surface area contributed by atoms with E-state index in [4.69, 9.17) is 9.73 Å². The minimum absolute atomic E-state index is 0. The Labute approximate surface area is 206 Å². The maximum Gasteiger partial charge on any atom is 0.191 e. The summed E-state index contributed by atoms with van der Waals surface area (Å²) in [5.41, 5.74) is 4.61. The van der Waals surface area contributed by atoms with Crippen molar-refractivity contribution in [1.82, 2.24) is 15.6 Å². The number of aromatic nitrogens is 1. The molecule has 2 N–H and O–H groups in total. The third kappa shape index (κ3) is 8.23. The molecule has 0 aliphatic rings. The van der Waals surface area contributed by atoms with Crippen LogP contribution in [-0.2, 0) is 31.0 Å². The van der Waals surface area contributed by atoms with Crippen molar-refractivity contribution < 1.29 is 4.74 Å². The molecular weight excluding hydrogens is 519 g/mol. The molecule has 0 amide bonds. The average molecular weight is 551 g/mol. The number of guanidine groups is 1. The van der Waals surface area contributed by atoms with E-state index in [0.717, 1.165) is 29.8 Å². The summed E-state index contributed by atoms with van der Waals surface area (Å²) in [5, 5.41) is 7.84. The average Bonchev–Trinajstić information content (AvgIpc) is 3.08. The van der Waals surface area contributed by atoms with Gasteiger partial charge in [-0.3, -0.25) is 0 Å². The van der Waals surface area contributed by atoms with Crippen molar-refractivity contribution >= 4 is 41.3 Å². The van der Waals surface area contributed by atoms with Gasteiger partial charge < -0.3 is 15.4 Å². The fourth-order valence-corrected chi connectivity index (χ4v) is 3.99. The van der Waals surface area contributed by atoms with Gasteiger partial charge in [0, 0.05) is 11.4 Å². The predicted octanol–water partition coefficient (Wildman–Crippen LogP) is 5.35. The Hall–Kier alpha value is -1.97. The lowest BCUT2D eigenvalue weighted by atomic mass is 10.1. The summed E-state index contributed by atoms with van der Waals surface area (Å²) in [6.45, 7) is 9.48. The smallest absolute Gasteiger partial charge is 0.191 e. The zero-order valence-electron chi connectivity index (χ0n) is 18.4. The minimum Gasteiger partial charge on any atom is -0.372 e. The van der Waals surface area contributed by atoms with Crippen LogP contribution in [0, 0.1) is 13.8 Å². The third-order valence-corrected chi connectivity index (χ3v) is 5.73. The monoisotopic (exact) mass is 550 g/mol. The summed E-state index contributed by atoms with van der Waals surface area (Å²) in [6.07, 6.45) is 0. The first kappa shape index (κ1) is 25.3. The summed E-state index contributed by atoms with van der Waals surface area (Å²) in [7, 11) is 0. The summed E-state index contributed by atoms with van der Waals surface area (Å²) in [5.74, 6) is 0.808. The molecule has 0 saturated heterocycles. The zero-order chi connectivity index (χ0) is 21.2. The number of rotatable bonds is 9. The molecule has 0 bridgehead atoms. The van der Waals surface area contributed by atoms with Gasteiger partial charge in [-0.2, -0.15) is 0 Å².